The number of nitrogens with zero attached hydrogens (tertiary/aromatic N) is 1. The maximum Gasteiger partial charge on any atom is 0.315 e. The Morgan fingerprint density at radius 2 is 1.75 bits per heavy atom. The van der Waals surface area contributed by atoms with E-state index in [1.54, 1.807) is 24.3 Å². The van der Waals surface area contributed by atoms with Gasteiger partial charge in [-0.15, -0.1) is 0 Å². The molecule has 2 amide bonds. The number of pyridine rings is 1. The summed E-state index contributed by atoms with van der Waals surface area (Å²) in [5.41, 5.74) is 2.62. The summed E-state index contributed by atoms with van der Waals surface area (Å²) < 4.78 is 0. The van der Waals surface area contributed by atoms with Crippen LogP contribution in [0.5, 0.6) is 0 Å². The lowest BCUT2D eigenvalue weighted by Gasteiger charge is -2.09. The summed E-state index contributed by atoms with van der Waals surface area (Å²) in [6, 6.07) is 10.7. The van der Waals surface area contributed by atoms with Crippen molar-refractivity contribution >= 4 is 23.3 Å². The van der Waals surface area contributed by atoms with Gasteiger partial charge in [0.15, 0.2) is 0 Å². The molecule has 0 bridgehead atoms. The first-order valence-electron chi connectivity index (χ1n) is 6.17. The smallest absolute Gasteiger partial charge is 0.315 e. The standard InChI is InChI=1S/C15H15N3O2/c1-10-6-7-12(11(2)9-10)17-14(19)15(20)18-13-5-3-4-8-16-13/h3-9H,1-2H3,(H,17,19)(H,16,18,20). The van der Waals surface area contributed by atoms with E-state index in [9.17, 15) is 9.59 Å². The van der Waals surface area contributed by atoms with Crippen molar-refractivity contribution in [3.8, 4) is 0 Å². The number of hydrogen-bond acceptors (Lipinski definition) is 3. The van der Waals surface area contributed by atoms with Gasteiger partial charge in [-0.2, -0.15) is 0 Å². The van der Waals surface area contributed by atoms with E-state index >= 15 is 0 Å². The lowest BCUT2D eigenvalue weighted by atomic mass is 10.1. The van der Waals surface area contributed by atoms with Crippen LogP contribution in [0.25, 0.3) is 0 Å². The first-order valence-corrected chi connectivity index (χ1v) is 6.17. The van der Waals surface area contributed by atoms with E-state index < -0.39 is 11.8 Å². The van der Waals surface area contributed by atoms with E-state index in [1.165, 1.54) is 6.20 Å². The number of carbonyl (C=O) groups is 2. The van der Waals surface area contributed by atoms with Crippen LogP contribution >= 0.6 is 0 Å². The maximum absolute atomic E-state index is 11.8. The normalized spacial score (nSPS) is 9.90. The second-order valence-corrected chi connectivity index (χ2v) is 4.44. The molecular weight excluding hydrogens is 254 g/mol. The van der Waals surface area contributed by atoms with Crippen molar-refractivity contribution in [2.45, 2.75) is 13.8 Å². The third kappa shape index (κ3) is 3.41. The monoisotopic (exact) mass is 269 g/mol. The molecule has 0 atom stereocenters. The molecule has 0 fully saturated rings. The molecule has 1 heterocycles. The van der Waals surface area contributed by atoms with Crippen molar-refractivity contribution < 1.29 is 9.59 Å². The highest BCUT2D eigenvalue weighted by Crippen LogP contribution is 2.15. The van der Waals surface area contributed by atoms with Gasteiger partial charge in [0.1, 0.15) is 5.82 Å². The summed E-state index contributed by atoms with van der Waals surface area (Å²) in [4.78, 5) is 27.5. The van der Waals surface area contributed by atoms with Crippen molar-refractivity contribution in [2.24, 2.45) is 0 Å². The summed E-state index contributed by atoms with van der Waals surface area (Å²) >= 11 is 0. The van der Waals surface area contributed by atoms with Crippen LogP contribution in [0, 0.1) is 13.8 Å². The first-order chi connectivity index (χ1) is 9.56. The molecule has 2 aromatic rings. The summed E-state index contributed by atoms with van der Waals surface area (Å²) in [6.45, 7) is 3.84. The molecule has 0 aliphatic rings. The summed E-state index contributed by atoms with van der Waals surface area (Å²) in [7, 11) is 0. The quantitative estimate of drug-likeness (QED) is 0.822. The van der Waals surface area contributed by atoms with Gasteiger partial charge < -0.3 is 10.6 Å². The first kappa shape index (κ1) is 13.7. The van der Waals surface area contributed by atoms with Crippen molar-refractivity contribution in [2.75, 3.05) is 10.6 Å². The Morgan fingerprint density at radius 3 is 2.40 bits per heavy atom. The molecule has 102 valence electrons. The molecule has 2 N–H and O–H groups in total. The Labute approximate surface area is 117 Å². The zero-order valence-corrected chi connectivity index (χ0v) is 11.3. The number of hydrogen-bond donors (Lipinski definition) is 2. The van der Waals surface area contributed by atoms with E-state index in [-0.39, 0.29) is 0 Å². The Hall–Kier alpha value is -2.69. The van der Waals surface area contributed by atoms with Crippen molar-refractivity contribution in [3.63, 3.8) is 0 Å². The van der Waals surface area contributed by atoms with Gasteiger partial charge in [-0.3, -0.25) is 9.59 Å². The molecule has 0 aliphatic carbocycles. The van der Waals surface area contributed by atoms with Crippen molar-refractivity contribution in [3.05, 3.63) is 53.7 Å². The number of rotatable bonds is 2. The molecular formula is C15H15N3O2. The molecule has 0 radical (unpaired) electrons. The summed E-state index contributed by atoms with van der Waals surface area (Å²) in [5, 5.41) is 5.01. The maximum atomic E-state index is 11.8. The van der Waals surface area contributed by atoms with Crippen molar-refractivity contribution in [1.29, 1.82) is 0 Å². The molecule has 0 aliphatic heterocycles. The predicted molar refractivity (Wildman–Crippen MR) is 77.4 cm³/mol. The van der Waals surface area contributed by atoms with Gasteiger partial charge >= 0.3 is 11.8 Å². The minimum absolute atomic E-state index is 0.341. The third-order valence-electron chi connectivity index (χ3n) is 2.74. The summed E-state index contributed by atoms with van der Waals surface area (Å²) in [6.07, 6.45) is 1.54. The second kappa shape index (κ2) is 5.97. The highest BCUT2D eigenvalue weighted by Gasteiger charge is 2.15. The fourth-order valence-corrected chi connectivity index (χ4v) is 1.74. The molecule has 1 aromatic heterocycles. The topological polar surface area (TPSA) is 71.1 Å². The highest BCUT2D eigenvalue weighted by molar-refractivity contribution is 6.43. The van der Waals surface area contributed by atoms with Crippen LogP contribution in [0.2, 0.25) is 0 Å². The molecule has 0 saturated carbocycles. The third-order valence-corrected chi connectivity index (χ3v) is 2.74. The lowest BCUT2D eigenvalue weighted by molar-refractivity contribution is -0.133. The minimum Gasteiger partial charge on any atom is -0.318 e. The van der Waals surface area contributed by atoms with Gasteiger partial charge in [0.2, 0.25) is 0 Å². The number of benzene rings is 1. The molecule has 5 nitrogen and oxygen atoms in total. The van der Waals surface area contributed by atoms with Crippen LogP contribution in [0.15, 0.2) is 42.6 Å². The Kier molecular flexibility index (Phi) is 4.10. The molecule has 1 aromatic carbocycles. The van der Waals surface area contributed by atoms with E-state index in [1.807, 2.05) is 26.0 Å². The average molecular weight is 269 g/mol. The zero-order chi connectivity index (χ0) is 14.5. The molecule has 0 unspecified atom stereocenters. The van der Waals surface area contributed by atoms with Gasteiger partial charge in [-0.1, -0.05) is 23.8 Å². The highest BCUT2D eigenvalue weighted by atomic mass is 16.2. The van der Waals surface area contributed by atoms with Crippen LogP contribution in [-0.2, 0) is 9.59 Å². The summed E-state index contributed by atoms with van der Waals surface area (Å²) in [5.74, 6) is -1.13. The van der Waals surface area contributed by atoms with Gasteiger partial charge in [-0.25, -0.2) is 4.98 Å². The molecule has 2 rings (SSSR count). The van der Waals surface area contributed by atoms with Crippen molar-refractivity contribution in [1.82, 2.24) is 4.98 Å². The number of aryl methyl sites for hydroxylation is 2. The number of anilines is 2. The number of amides is 2. The SMILES string of the molecule is Cc1ccc(NC(=O)C(=O)Nc2ccccn2)c(C)c1. The van der Waals surface area contributed by atoms with E-state index in [2.05, 4.69) is 15.6 Å². The van der Waals surface area contributed by atoms with Crippen LogP contribution < -0.4 is 10.6 Å². The molecule has 0 spiro atoms. The average Bonchev–Trinajstić information content (AvgIpc) is 2.43. The minimum atomic E-state index is -0.747. The number of aromatic nitrogens is 1. The largest absolute Gasteiger partial charge is 0.318 e. The Morgan fingerprint density at radius 1 is 1.00 bits per heavy atom. The second-order valence-electron chi connectivity index (χ2n) is 4.44. The fraction of sp³-hybridized carbons (Fsp3) is 0.133. The molecule has 20 heavy (non-hydrogen) atoms. The molecule has 5 heteroatoms. The Balaban J connectivity index is 2.03. The predicted octanol–water partition coefficient (Wildman–Crippen LogP) is 2.28. The van der Waals surface area contributed by atoms with Crippen LogP contribution in [0.3, 0.4) is 0 Å². The zero-order valence-electron chi connectivity index (χ0n) is 11.3. The van der Waals surface area contributed by atoms with Gasteiger partial charge in [-0.05, 0) is 37.6 Å². The van der Waals surface area contributed by atoms with E-state index in [4.69, 9.17) is 0 Å². The number of nitrogens with one attached hydrogen (secondary N) is 2. The Bertz CT molecular complexity index is 639. The molecule has 0 saturated heterocycles. The van der Waals surface area contributed by atoms with Gasteiger partial charge in [0.05, 0.1) is 0 Å². The van der Waals surface area contributed by atoms with Crippen LogP contribution in [-0.4, -0.2) is 16.8 Å². The van der Waals surface area contributed by atoms with E-state index in [0.717, 1.165) is 11.1 Å². The number of carbonyl (C=O) groups excluding carboxylic acids is 2. The van der Waals surface area contributed by atoms with Crippen LogP contribution in [0.1, 0.15) is 11.1 Å². The van der Waals surface area contributed by atoms with E-state index in [0.29, 0.717) is 11.5 Å². The van der Waals surface area contributed by atoms with Gasteiger partial charge in [0, 0.05) is 11.9 Å². The fourth-order valence-electron chi connectivity index (χ4n) is 1.74. The lowest BCUT2D eigenvalue weighted by Crippen LogP contribution is -2.29. The van der Waals surface area contributed by atoms with Crippen LogP contribution in [0.4, 0.5) is 11.5 Å². The van der Waals surface area contributed by atoms with Gasteiger partial charge in [0.25, 0.3) is 0 Å².